The summed E-state index contributed by atoms with van der Waals surface area (Å²) in [7, 11) is 3.46. The number of amides is 1. The van der Waals surface area contributed by atoms with E-state index in [0.29, 0.717) is 12.6 Å². The summed E-state index contributed by atoms with van der Waals surface area (Å²) in [5.74, 6) is 0.271. The van der Waals surface area contributed by atoms with Crippen molar-refractivity contribution in [3.05, 3.63) is 48.0 Å². The van der Waals surface area contributed by atoms with Crippen molar-refractivity contribution in [2.24, 2.45) is 5.73 Å². The summed E-state index contributed by atoms with van der Waals surface area (Å²) in [4.78, 5) is 17.2. The molecule has 0 radical (unpaired) electrons. The van der Waals surface area contributed by atoms with E-state index >= 15 is 0 Å². The molecule has 0 unspecified atom stereocenters. The van der Waals surface area contributed by atoms with Crippen molar-refractivity contribution in [3.8, 4) is 16.9 Å². The van der Waals surface area contributed by atoms with E-state index < -0.39 is 5.95 Å². The van der Waals surface area contributed by atoms with E-state index in [1.165, 1.54) is 31.5 Å². The zero-order valence-corrected chi connectivity index (χ0v) is 19.9. The number of ether oxygens (including phenoxy) is 2. The Bertz CT molecular complexity index is 860. The molecule has 176 valence electrons. The number of hydrogen-bond acceptors (Lipinski definition) is 5. The van der Waals surface area contributed by atoms with Gasteiger partial charge in [-0.25, -0.2) is 9.78 Å². The number of halogens is 1. The fraction of sp³-hybridized carbons (Fsp3) is 0.520. The second kappa shape index (κ2) is 11.8. The summed E-state index contributed by atoms with van der Waals surface area (Å²) in [6.45, 7) is 6.10. The summed E-state index contributed by atoms with van der Waals surface area (Å²) >= 11 is 0. The number of hydrogen-bond donors (Lipinski definition) is 1. The number of carbonyl (C=O) groups is 1. The number of aromatic nitrogens is 1. The van der Waals surface area contributed by atoms with Crippen molar-refractivity contribution in [3.63, 3.8) is 0 Å². The monoisotopic (exact) mass is 445 g/mol. The van der Waals surface area contributed by atoms with Crippen LogP contribution in [0.5, 0.6) is 5.75 Å². The van der Waals surface area contributed by atoms with E-state index in [2.05, 4.69) is 4.98 Å². The van der Waals surface area contributed by atoms with Gasteiger partial charge in [0, 0.05) is 37.0 Å². The molecule has 0 atom stereocenters. The third-order valence-electron chi connectivity index (χ3n) is 5.36. The first-order chi connectivity index (χ1) is 15.1. The van der Waals surface area contributed by atoms with Gasteiger partial charge in [0.2, 0.25) is 5.95 Å². The van der Waals surface area contributed by atoms with Crippen LogP contribution in [-0.2, 0) is 11.3 Å². The molecule has 7 heteroatoms. The fourth-order valence-corrected chi connectivity index (χ4v) is 3.62. The highest BCUT2D eigenvalue weighted by molar-refractivity contribution is 5.68. The Morgan fingerprint density at radius 1 is 1.16 bits per heavy atom. The Balaban J connectivity index is 0.000000229. The lowest BCUT2D eigenvalue weighted by Gasteiger charge is -2.32. The summed E-state index contributed by atoms with van der Waals surface area (Å²) in [5.41, 5.74) is 7.96. The van der Waals surface area contributed by atoms with Crippen molar-refractivity contribution >= 4 is 6.09 Å². The predicted molar refractivity (Wildman–Crippen MR) is 125 cm³/mol. The number of rotatable bonds is 4. The first kappa shape index (κ1) is 25.6. The number of methoxy groups -OCH3 is 1. The normalized spacial score (nSPS) is 14.2. The van der Waals surface area contributed by atoms with Crippen LogP contribution >= 0.6 is 0 Å². The highest BCUT2D eigenvalue weighted by Gasteiger charge is 2.26. The molecule has 0 spiro atoms. The van der Waals surface area contributed by atoms with Gasteiger partial charge in [-0.15, -0.1) is 0 Å². The first-order valence-electron chi connectivity index (χ1n) is 11.1. The average molecular weight is 446 g/mol. The Kier molecular flexibility index (Phi) is 9.44. The Morgan fingerprint density at radius 3 is 2.34 bits per heavy atom. The molecular formula is C25H36FN3O3. The standard InChI is InChI=1S/C13H13FN2O.C12H23NO2/c1-17-12-4-2-9(6-11(12)7-15)10-3-5-13(14)16-8-10;1-12(2,3)15-11(14)13(4)10-8-6-5-7-9-10/h2-6,8H,7,15H2,1H3;10H,5-9H2,1-4H3. The topological polar surface area (TPSA) is 77.7 Å². The van der Waals surface area contributed by atoms with Gasteiger partial charge in [0.1, 0.15) is 11.4 Å². The number of nitrogens with zero attached hydrogens (tertiary/aromatic N) is 2. The largest absolute Gasteiger partial charge is 0.496 e. The molecule has 1 amide bonds. The van der Waals surface area contributed by atoms with Crippen molar-refractivity contribution in [2.45, 2.75) is 71.1 Å². The minimum atomic E-state index is -0.485. The number of benzene rings is 1. The molecule has 2 N–H and O–H groups in total. The molecule has 1 aliphatic carbocycles. The fourth-order valence-electron chi connectivity index (χ4n) is 3.62. The minimum Gasteiger partial charge on any atom is -0.496 e. The van der Waals surface area contributed by atoms with E-state index in [9.17, 15) is 9.18 Å². The summed E-state index contributed by atoms with van der Waals surface area (Å²) in [6.07, 6.45) is 7.33. The van der Waals surface area contributed by atoms with Gasteiger partial charge in [0.15, 0.2) is 0 Å². The maximum Gasteiger partial charge on any atom is 0.410 e. The lowest BCUT2D eigenvalue weighted by atomic mass is 9.95. The second-order valence-corrected chi connectivity index (χ2v) is 8.98. The molecule has 32 heavy (non-hydrogen) atoms. The Labute approximate surface area is 190 Å². The van der Waals surface area contributed by atoms with Gasteiger partial charge in [-0.2, -0.15) is 4.39 Å². The van der Waals surface area contributed by atoms with Crippen molar-refractivity contribution in [1.29, 1.82) is 0 Å². The third-order valence-corrected chi connectivity index (χ3v) is 5.36. The number of carbonyl (C=O) groups excluding carboxylic acids is 1. The van der Waals surface area contributed by atoms with Crippen LogP contribution in [0.3, 0.4) is 0 Å². The Morgan fingerprint density at radius 2 is 1.81 bits per heavy atom. The molecule has 1 fully saturated rings. The zero-order valence-electron chi connectivity index (χ0n) is 19.9. The van der Waals surface area contributed by atoms with E-state index in [-0.39, 0.29) is 11.7 Å². The third kappa shape index (κ3) is 7.79. The molecule has 1 aliphatic rings. The van der Waals surface area contributed by atoms with E-state index in [1.807, 2.05) is 46.0 Å². The van der Waals surface area contributed by atoms with Crippen molar-refractivity contribution < 1.29 is 18.7 Å². The smallest absolute Gasteiger partial charge is 0.410 e. The lowest BCUT2D eigenvalue weighted by Crippen LogP contribution is -2.41. The highest BCUT2D eigenvalue weighted by atomic mass is 19.1. The van der Waals surface area contributed by atoms with Gasteiger partial charge in [0.25, 0.3) is 0 Å². The average Bonchev–Trinajstić information content (AvgIpc) is 2.78. The lowest BCUT2D eigenvalue weighted by molar-refractivity contribution is 0.0189. The van der Waals surface area contributed by atoms with Crippen LogP contribution in [0.25, 0.3) is 11.1 Å². The van der Waals surface area contributed by atoms with E-state index in [0.717, 1.165) is 35.3 Å². The maximum atomic E-state index is 12.7. The van der Waals surface area contributed by atoms with Crippen molar-refractivity contribution in [1.82, 2.24) is 9.88 Å². The van der Waals surface area contributed by atoms with Crippen LogP contribution in [0, 0.1) is 5.95 Å². The summed E-state index contributed by atoms with van der Waals surface area (Å²) in [5, 5.41) is 0. The summed E-state index contributed by atoms with van der Waals surface area (Å²) in [6, 6.07) is 9.07. The molecule has 1 aromatic carbocycles. The maximum absolute atomic E-state index is 12.7. The van der Waals surface area contributed by atoms with Crippen LogP contribution in [0.15, 0.2) is 36.5 Å². The first-order valence-corrected chi connectivity index (χ1v) is 11.1. The molecule has 1 heterocycles. The van der Waals surface area contributed by atoms with Gasteiger partial charge in [0.05, 0.1) is 7.11 Å². The molecular weight excluding hydrogens is 409 g/mol. The zero-order chi connectivity index (χ0) is 23.7. The number of nitrogens with two attached hydrogens (primary N) is 1. The van der Waals surface area contributed by atoms with Gasteiger partial charge in [-0.05, 0) is 63.4 Å². The van der Waals surface area contributed by atoms with E-state index in [4.69, 9.17) is 15.2 Å². The Hall–Kier alpha value is -2.67. The molecule has 3 rings (SSSR count). The van der Waals surface area contributed by atoms with Crippen molar-refractivity contribution in [2.75, 3.05) is 14.2 Å². The van der Waals surface area contributed by atoms with Crippen LogP contribution < -0.4 is 10.5 Å². The molecule has 0 saturated heterocycles. The molecule has 6 nitrogen and oxygen atoms in total. The van der Waals surface area contributed by atoms with Gasteiger partial charge >= 0.3 is 6.09 Å². The van der Waals surface area contributed by atoms with Gasteiger partial charge in [-0.3, -0.25) is 0 Å². The highest BCUT2D eigenvalue weighted by Crippen LogP contribution is 2.26. The van der Waals surface area contributed by atoms with E-state index in [1.54, 1.807) is 18.1 Å². The van der Waals surface area contributed by atoms with Crippen LogP contribution in [0.1, 0.15) is 58.4 Å². The molecule has 1 aromatic heterocycles. The second-order valence-electron chi connectivity index (χ2n) is 8.98. The predicted octanol–water partition coefficient (Wildman–Crippen LogP) is 5.54. The minimum absolute atomic E-state index is 0.186. The number of pyridine rings is 1. The van der Waals surface area contributed by atoms with Crippen LogP contribution in [0.2, 0.25) is 0 Å². The molecule has 0 bridgehead atoms. The van der Waals surface area contributed by atoms with Crippen LogP contribution in [-0.4, -0.2) is 41.8 Å². The van der Waals surface area contributed by atoms with Crippen LogP contribution in [0.4, 0.5) is 9.18 Å². The SMILES string of the molecule is CN(C(=O)OC(C)(C)C)C1CCCCC1.COc1ccc(-c2ccc(F)nc2)cc1CN. The quantitative estimate of drug-likeness (QED) is 0.625. The molecule has 1 saturated carbocycles. The van der Waals surface area contributed by atoms with Gasteiger partial charge < -0.3 is 20.1 Å². The molecule has 2 aromatic rings. The van der Waals surface area contributed by atoms with Gasteiger partial charge in [-0.1, -0.05) is 25.3 Å². The molecule has 0 aliphatic heterocycles. The summed E-state index contributed by atoms with van der Waals surface area (Å²) < 4.78 is 23.2.